The van der Waals surface area contributed by atoms with Gasteiger partial charge < -0.3 is 10.5 Å². The van der Waals surface area contributed by atoms with Crippen LogP contribution in [0.25, 0.3) is 0 Å². The van der Waals surface area contributed by atoms with Gasteiger partial charge in [-0.3, -0.25) is 0 Å². The van der Waals surface area contributed by atoms with Crippen molar-refractivity contribution in [1.29, 1.82) is 0 Å². The normalized spacial score (nSPS) is 15.2. The number of hydrogen-bond acceptors (Lipinski definition) is 2. The highest BCUT2D eigenvalue weighted by molar-refractivity contribution is 6.31. The first-order valence-electron chi connectivity index (χ1n) is 4.21. The van der Waals surface area contributed by atoms with Gasteiger partial charge in [0.05, 0.1) is 12.1 Å². The van der Waals surface area contributed by atoms with Crippen molar-refractivity contribution in [3.05, 3.63) is 34.6 Å². The van der Waals surface area contributed by atoms with E-state index in [1.807, 2.05) is 0 Å². The number of methoxy groups -OCH3 is 1. The maximum atomic E-state index is 13.0. The van der Waals surface area contributed by atoms with Gasteiger partial charge in [0.15, 0.2) is 0 Å². The highest BCUT2D eigenvalue weighted by atomic mass is 35.5. The van der Waals surface area contributed by atoms with Gasteiger partial charge in [-0.1, -0.05) is 11.6 Å². The second-order valence-corrected chi connectivity index (χ2v) is 3.88. The highest BCUT2D eigenvalue weighted by Gasteiger charge is 2.24. The van der Waals surface area contributed by atoms with Gasteiger partial charge in [-0.25, -0.2) is 4.39 Å². The Morgan fingerprint density at radius 3 is 2.79 bits per heavy atom. The summed E-state index contributed by atoms with van der Waals surface area (Å²) in [5.74, 6) is -0.350. The summed E-state index contributed by atoms with van der Waals surface area (Å²) in [6.07, 6.45) is 0. The molecule has 0 aliphatic carbocycles. The quantitative estimate of drug-likeness (QED) is 0.843. The van der Waals surface area contributed by atoms with Crippen LogP contribution in [0.5, 0.6) is 0 Å². The zero-order valence-corrected chi connectivity index (χ0v) is 8.94. The van der Waals surface area contributed by atoms with Crippen molar-refractivity contribution in [2.24, 2.45) is 5.73 Å². The van der Waals surface area contributed by atoms with Crippen molar-refractivity contribution < 1.29 is 9.13 Å². The molecule has 0 fully saturated rings. The second kappa shape index (κ2) is 4.26. The van der Waals surface area contributed by atoms with Crippen LogP contribution in [0.15, 0.2) is 18.2 Å². The second-order valence-electron chi connectivity index (χ2n) is 3.47. The summed E-state index contributed by atoms with van der Waals surface area (Å²) >= 11 is 5.91. The first-order valence-corrected chi connectivity index (χ1v) is 4.58. The van der Waals surface area contributed by atoms with E-state index in [9.17, 15) is 4.39 Å². The van der Waals surface area contributed by atoms with Gasteiger partial charge >= 0.3 is 0 Å². The summed E-state index contributed by atoms with van der Waals surface area (Å²) in [6, 6.07) is 4.13. The fourth-order valence-corrected chi connectivity index (χ4v) is 1.65. The molecule has 2 nitrogen and oxygen atoms in total. The molecule has 0 aliphatic rings. The lowest BCUT2D eigenvalue weighted by atomic mass is 9.94. The number of ether oxygens (including phenoxy) is 1. The molecule has 78 valence electrons. The van der Waals surface area contributed by atoms with Gasteiger partial charge in [0.25, 0.3) is 0 Å². The standard InChI is InChI=1S/C10H13ClFNO/c1-10(13,6-14-2)8-5-7(12)3-4-9(8)11/h3-5H,6,13H2,1-2H3. The van der Waals surface area contributed by atoms with Crippen LogP contribution in [0.1, 0.15) is 12.5 Å². The highest BCUT2D eigenvalue weighted by Crippen LogP contribution is 2.26. The Balaban J connectivity index is 3.10. The third kappa shape index (κ3) is 2.44. The van der Waals surface area contributed by atoms with Gasteiger partial charge in [-0.15, -0.1) is 0 Å². The Hall–Kier alpha value is -0.640. The Kier molecular flexibility index (Phi) is 3.48. The molecule has 14 heavy (non-hydrogen) atoms. The summed E-state index contributed by atoms with van der Waals surface area (Å²) < 4.78 is 17.9. The van der Waals surface area contributed by atoms with Crippen LogP contribution in [0.3, 0.4) is 0 Å². The minimum absolute atomic E-state index is 0.288. The van der Waals surface area contributed by atoms with E-state index in [0.717, 1.165) is 0 Å². The molecule has 1 unspecified atom stereocenters. The minimum Gasteiger partial charge on any atom is -0.382 e. The Labute approximate surface area is 87.8 Å². The molecular formula is C10H13ClFNO. The lowest BCUT2D eigenvalue weighted by molar-refractivity contribution is 0.141. The molecule has 0 radical (unpaired) electrons. The van der Waals surface area contributed by atoms with Crippen molar-refractivity contribution in [2.75, 3.05) is 13.7 Å². The monoisotopic (exact) mass is 217 g/mol. The first-order chi connectivity index (χ1) is 6.47. The first kappa shape index (κ1) is 11.4. The SMILES string of the molecule is COCC(C)(N)c1cc(F)ccc1Cl. The molecule has 1 rings (SSSR count). The lowest BCUT2D eigenvalue weighted by Crippen LogP contribution is -2.38. The minimum atomic E-state index is -0.770. The van der Waals surface area contributed by atoms with Crippen molar-refractivity contribution in [3.63, 3.8) is 0 Å². The van der Waals surface area contributed by atoms with Gasteiger partial charge in [0, 0.05) is 12.1 Å². The van der Waals surface area contributed by atoms with E-state index in [1.54, 1.807) is 6.92 Å². The summed E-state index contributed by atoms with van der Waals surface area (Å²) in [6.45, 7) is 2.04. The lowest BCUT2D eigenvalue weighted by Gasteiger charge is -2.25. The van der Waals surface area contributed by atoms with E-state index in [1.165, 1.54) is 25.3 Å². The molecule has 0 amide bonds. The van der Waals surface area contributed by atoms with E-state index in [2.05, 4.69) is 0 Å². The number of halogens is 2. The van der Waals surface area contributed by atoms with Crippen LogP contribution in [-0.2, 0) is 10.3 Å². The third-order valence-electron chi connectivity index (χ3n) is 1.99. The topological polar surface area (TPSA) is 35.2 Å². The molecule has 0 aromatic heterocycles. The molecule has 0 aliphatic heterocycles. The molecule has 0 spiro atoms. The van der Waals surface area contributed by atoms with E-state index in [4.69, 9.17) is 22.1 Å². The molecule has 0 bridgehead atoms. The summed E-state index contributed by atoms with van der Waals surface area (Å²) in [5, 5.41) is 0.452. The van der Waals surface area contributed by atoms with Crippen molar-refractivity contribution in [3.8, 4) is 0 Å². The number of benzene rings is 1. The van der Waals surface area contributed by atoms with Gasteiger partial charge in [-0.05, 0) is 30.7 Å². The van der Waals surface area contributed by atoms with E-state index in [0.29, 0.717) is 10.6 Å². The molecule has 1 atom stereocenters. The van der Waals surface area contributed by atoms with Crippen molar-refractivity contribution >= 4 is 11.6 Å². The maximum Gasteiger partial charge on any atom is 0.123 e. The molecule has 1 aromatic carbocycles. The molecule has 4 heteroatoms. The van der Waals surface area contributed by atoms with Crippen LogP contribution in [-0.4, -0.2) is 13.7 Å². The largest absolute Gasteiger partial charge is 0.382 e. The smallest absolute Gasteiger partial charge is 0.123 e. The number of nitrogens with two attached hydrogens (primary N) is 1. The molecule has 0 heterocycles. The average Bonchev–Trinajstić information content (AvgIpc) is 2.09. The third-order valence-corrected chi connectivity index (χ3v) is 2.32. The molecule has 0 saturated carbocycles. The Morgan fingerprint density at radius 2 is 2.21 bits per heavy atom. The predicted octanol–water partition coefficient (Wildman–Crippen LogP) is 2.30. The summed E-state index contributed by atoms with van der Waals surface area (Å²) in [5.41, 5.74) is 5.73. The number of hydrogen-bond donors (Lipinski definition) is 1. The van der Waals surface area contributed by atoms with Crippen LogP contribution in [0.4, 0.5) is 4.39 Å². The van der Waals surface area contributed by atoms with E-state index >= 15 is 0 Å². The zero-order chi connectivity index (χ0) is 10.8. The fourth-order valence-electron chi connectivity index (χ4n) is 1.31. The maximum absolute atomic E-state index is 13.0. The van der Waals surface area contributed by atoms with Crippen LogP contribution in [0.2, 0.25) is 5.02 Å². The zero-order valence-electron chi connectivity index (χ0n) is 8.18. The molecule has 0 saturated heterocycles. The summed E-state index contributed by atoms with van der Waals surface area (Å²) in [7, 11) is 1.54. The molecule has 1 aromatic rings. The fraction of sp³-hybridized carbons (Fsp3) is 0.400. The summed E-state index contributed by atoms with van der Waals surface area (Å²) in [4.78, 5) is 0. The van der Waals surface area contributed by atoms with E-state index < -0.39 is 5.54 Å². The van der Waals surface area contributed by atoms with Crippen LogP contribution in [0, 0.1) is 5.82 Å². The van der Waals surface area contributed by atoms with Crippen LogP contribution >= 0.6 is 11.6 Å². The van der Waals surface area contributed by atoms with E-state index in [-0.39, 0.29) is 12.4 Å². The van der Waals surface area contributed by atoms with Gasteiger partial charge in [0.1, 0.15) is 5.82 Å². The average molecular weight is 218 g/mol. The Bertz CT molecular complexity index is 328. The van der Waals surface area contributed by atoms with Gasteiger partial charge in [-0.2, -0.15) is 0 Å². The molecule has 2 N–H and O–H groups in total. The molecular weight excluding hydrogens is 205 g/mol. The predicted molar refractivity (Wildman–Crippen MR) is 54.8 cm³/mol. The number of rotatable bonds is 3. The van der Waals surface area contributed by atoms with Crippen molar-refractivity contribution in [2.45, 2.75) is 12.5 Å². The van der Waals surface area contributed by atoms with Crippen molar-refractivity contribution in [1.82, 2.24) is 0 Å². The Morgan fingerprint density at radius 1 is 1.57 bits per heavy atom. The van der Waals surface area contributed by atoms with Gasteiger partial charge in [0.2, 0.25) is 0 Å². The van der Waals surface area contributed by atoms with Crippen LogP contribution < -0.4 is 5.73 Å².